The molecule has 9 heteroatoms. The van der Waals surface area contributed by atoms with Crippen LogP contribution in [0.4, 0.5) is 0 Å². The van der Waals surface area contributed by atoms with Crippen molar-refractivity contribution in [3.63, 3.8) is 0 Å². The lowest BCUT2D eigenvalue weighted by molar-refractivity contribution is -0.0401. The number of benzene rings is 1. The summed E-state index contributed by atoms with van der Waals surface area (Å²) in [6, 6.07) is 6.96. The van der Waals surface area contributed by atoms with Crippen molar-refractivity contribution in [2.45, 2.75) is 6.10 Å². The van der Waals surface area contributed by atoms with Crippen LogP contribution in [0.1, 0.15) is 10.4 Å². The van der Waals surface area contributed by atoms with Crippen LogP contribution in [0.3, 0.4) is 0 Å². The SMILES string of the molecule is O=C(c1ccc2n[nH]nc2c1)N1CCOC(COc2cncc(Cl)c2)C1. The van der Waals surface area contributed by atoms with Gasteiger partial charge in [0, 0.05) is 24.4 Å². The molecule has 1 N–H and O–H groups in total. The number of nitrogens with zero attached hydrogens (tertiary/aromatic N) is 4. The van der Waals surface area contributed by atoms with E-state index in [1.807, 2.05) is 0 Å². The number of nitrogens with one attached hydrogen (secondary N) is 1. The standard InChI is InChI=1S/C17H16ClN5O3/c18-12-6-13(8-19-7-12)26-10-14-9-23(3-4-25-14)17(24)11-1-2-15-16(5-11)21-22-20-15/h1-2,5-8,14H,3-4,9-10H2,(H,20,21,22). The topological polar surface area (TPSA) is 93.2 Å². The molecule has 0 aliphatic carbocycles. The van der Waals surface area contributed by atoms with Gasteiger partial charge in [-0.25, -0.2) is 0 Å². The number of pyridine rings is 1. The van der Waals surface area contributed by atoms with Gasteiger partial charge in [-0.1, -0.05) is 11.6 Å². The average molecular weight is 374 g/mol. The highest BCUT2D eigenvalue weighted by Crippen LogP contribution is 2.18. The van der Waals surface area contributed by atoms with Crippen molar-refractivity contribution in [3.05, 3.63) is 47.2 Å². The predicted molar refractivity (Wildman–Crippen MR) is 94.3 cm³/mol. The van der Waals surface area contributed by atoms with Gasteiger partial charge in [0.2, 0.25) is 0 Å². The first kappa shape index (κ1) is 16.7. The molecule has 0 bridgehead atoms. The summed E-state index contributed by atoms with van der Waals surface area (Å²) in [5.74, 6) is 0.508. The van der Waals surface area contributed by atoms with Crippen molar-refractivity contribution in [1.29, 1.82) is 0 Å². The number of aromatic nitrogens is 4. The highest BCUT2D eigenvalue weighted by Gasteiger charge is 2.26. The fourth-order valence-corrected chi connectivity index (χ4v) is 2.98. The summed E-state index contributed by atoms with van der Waals surface area (Å²) in [5, 5.41) is 11.1. The molecular weight excluding hydrogens is 358 g/mol. The molecule has 0 spiro atoms. The molecule has 4 rings (SSSR count). The van der Waals surface area contributed by atoms with Crippen LogP contribution in [0.2, 0.25) is 5.02 Å². The van der Waals surface area contributed by atoms with Crippen molar-refractivity contribution in [3.8, 4) is 5.75 Å². The minimum Gasteiger partial charge on any atom is -0.489 e. The second kappa shape index (κ2) is 7.27. The number of aromatic amines is 1. The van der Waals surface area contributed by atoms with Crippen molar-refractivity contribution < 1.29 is 14.3 Å². The van der Waals surface area contributed by atoms with E-state index in [0.717, 1.165) is 5.52 Å². The van der Waals surface area contributed by atoms with E-state index in [-0.39, 0.29) is 12.0 Å². The molecule has 1 saturated heterocycles. The van der Waals surface area contributed by atoms with E-state index in [2.05, 4.69) is 20.4 Å². The molecular formula is C17H16ClN5O3. The number of hydrogen-bond acceptors (Lipinski definition) is 6. The van der Waals surface area contributed by atoms with Crippen LogP contribution >= 0.6 is 11.6 Å². The maximum Gasteiger partial charge on any atom is 0.254 e. The summed E-state index contributed by atoms with van der Waals surface area (Å²) >= 11 is 5.89. The lowest BCUT2D eigenvalue weighted by atomic mass is 10.1. The van der Waals surface area contributed by atoms with Gasteiger partial charge in [-0.05, 0) is 18.2 Å². The quantitative estimate of drug-likeness (QED) is 0.751. The van der Waals surface area contributed by atoms with Gasteiger partial charge in [0.05, 0.1) is 24.4 Å². The number of amides is 1. The molecule has 0 radical (unpaired) electrons. The van der Waals surface area contributed by atoms with Crippen molar-refractivity contribution >= 4 is 28.5 Å². The molecule has 1 amide bonds. The third-order valence-electron chi connectivity index (χ3n) is 4.10. The van der Waals surface area contributed by atoms with Crippen LogP contribution in [0, 0.1) is 0 Å². The monoisotopic (exact) mass is 373 g/mol. The van der Waals surface area contributed by atoms with Gasteiger partial charge < -0.3 is 14.4 Å². The molecule has 8 nitrogen and oxygen atoms in total. The molecule has 26 heavy (non-hydrogen) atoms. The fourth-order valence-electron chi connectivity index (χ4n) is 2.82. The van der Waals surface area contributed by atoms with E-state index >= 15 is 0 Å². The van der Waals surface area contributed by atoms with Crippen LogP contribution in [-0.4, -0.2) is 63.6 Å². The Hall–Kier alpha value is -2.71. The molecule has 1 aliphatic heterocycles. The Bertz CT molecular complexity index is 931. The summed E-state index contributed by atoms with van der Waals surface area (Å²) in [4.78, 5) is 18.5. The predicted octanol–water partition coefficient (Wildman–Crippen LogP) is 1.93. The van der Waals surface area contributed by atoms with Crippen molar-refractivity contribution in [2.75, 3.05) is 26.3 Å². The number of morpholine rings is 1. The van der Waals surface area contributed by atoms with Gasteiger partial charge in [-0.3, -0.25) is 9.78 Å². The molecule has 2 aromatic heterocycles. The maximum atomic E-state index is 12.8. The van der Waals surface area contributed by atoms with Crippen molar-refractivity contribution in [1.82, 2.24) is 25.3 Å². The van der Waals surface area contributed by atoms with Crippen LogP contribution in [0.25, 0.3) is 11.0 Å². The van der Waals surface area contributed by atoms with Crippen LogP contribution in [0.15, 0.2) is 36.7 Å². The first-order chi connectivity index (χ1) is 12.7. The molecule has 1 atom stereocenters. The molecule has 0 saturated carbocycles. The number of hydrogen-bond donors (Lipinski definition) is 1. The maximum absolute atomic E-state index is 12.8. The third kappa shape index (κ3) is 3.61. The van der Waals surface area contributed by atoms with E-state index in [9.17, 15) is 4.79 Å². The van der Waals surface area contributed by atoms with Gasteiger partial charge in [-0.15, -0.1) is 0 Å². The molecule has 134 valence electrons. The van der Waals surface area contributed by atoms with Crippen molar-refractivity contribution in [2.24, 2.45) is 0 Å². The molecule has 3 heterocycles. The zero-order valence-electron chi connectivity index (χ0n) is 13.8. The number of halogens is 1. The minimum absolute atomic E-state index is 0.0624. The Balaban J connectivity index is 1.40. The van der Waals surface area contributed by atoms with Crippen LogP contribution in [-0.2, 0) is 4.74 Å². The second-order valence-corrected chi connectivity index (χ2v) is 6.36. The first-order valence-electron chi connectivity index (χ1n) is 8.14. The molecule has 1 fully saturated rings. The average Bonchev–Trinajstić information content (AvgIpc) is 3.14. The zero-order chi connectivity index (χ0) is 17.9. The number of ether oxygens (including phenoxy) is 2. The van der Waals surface area contributed by atoms with E-state index in [0.29, 0.717) is 48.2 Å². The van der Waals surface area contributed by atoms with Gasteiger partial charge in [0.15, 0.2) is 0 Å². The van der Waals surface area contributed by atoms with Crippen LogP contribution < -0.4 is 4.74 Å². The summed E-state index contributed by atoms with van der Waals surface area (Å²) in [5.41, 5.74) is 1.97. The minimum atomic E-state index is -0.220. The van der Waals surface area contributed by atoms with Gasteiger partial charge in [0.25, 0.3) is 5.91 Å². The summed E-state index contributed by atoms with van der Waals surface area (Å²) in [7, 11) is 0. The lowest BCUT2D eigenvalue weighted by Gasteiger charge is -2.32. The lowest BCUT2D eigenvalue weighted by Crippen LogP contribution is -2.47. The van der Waals surface area contributed by atoms with E-state index in [1.54, 1.807) is 35.4 Å². The molecule has 1 aromatic carbocycles. The number of fused-ring (bicyclic) bond motifs is 1. The van der Waals surface area contributed by atoms with E-state index < -0.39 is 0 Å². The Morgan fingerprint density at radius 3 is 3.08 bits per heavy atom. The fraction of sp³-hybridized carbons (Fsp3) is 0.294. The number of carbonyl (C=O) groups is 1. The second-order valence-electron chi connectivity index (χ2n) is 5.92. The Kier molecular flexibility index (Phi) is 4.68. The highest BCUT2D eigenvalue weighted by molar-refractivity contribution is 6.30. The summed E-state index contributed by atoms with van der Waals surface area (Å²) in [6.07, 6.45) is 2.91. The van der Waals surface area contributed by atoms with Gasteiger partial charge >= 0.3 is 0 Å². The smallest absolute Gasteiger partial charge is 0.254 e. The van der Waals surface area contributed by atoms with Gasteiger partial charge in [0.1, 0.15) is 29.5 Å². The first-order valence-corrected chi connectivity index (χ1v) is 8.51. The number of H-pyrrole nitrogens is 1. The summed E-state index contributed by atoms with van der Waals surface area (Å²) < 4.78 is 11.4. The van der Waals surface area contributed by atoms with E-state index in [1.165, 1.54) is 6.20 Å². The highest BCUT2D eigenvalue weighted by atomic mass is 35.5. The Morgan fingerprint density at radius 2 is 2.19 bits per heavy atom. The third-order valence-corrected chi connectivity index (χ3v) is 4.31. The number of rotatable bonds is 4. The number of carbonyl (C=O) groups excluding carboxylic acids is 1. The molecule has 3 aromatic rings. The van der Waals surface area contributed by atoms with Gasteiger partial charge in [-0.2, -0.15) is 15.4 Å². The zero-order valence-corrected chi connectivity index (χ0v) is 14.5. The molecule has 1 aliphatic rings. The largest absolute Gasteiger partial charge is 0.489 e. The van der Waals surface area contributed by atoms with Crippen LogP contribution in [0.5, 0.6) is 5.75 Å². The van der Waals surface area contributed by atoms with E-state index in [4.69, 9.17) is 21.1 Å². The Morgan fingerprint density at radius 1 is 1.31 bits per heavy atom. The summed E-state index contributed by atoms with van der Waals surface area (Å²) in [6.45, 7) is 1.75. The normalized spacial score (nSPS) is 17.4. The molecule has 1 unspecified atom stereocenters. The Labute approximate surface area is 154 Å².